The topological polar surface area (TPSA) is 39.7 Å². The maximum Gasteiger partial charge on any atom is 0.130 e. The van der Waals surface area contributed by atoms with E-state index in [1.165, 1.54) is 5.56 Å². The summed E-state index contributed by atoms with van der Waals surface area (Å²) in [6, 6.07) is 14.3. The lowest BCUT2D eigenvalue weighted by atomic mass is 10.0. The minimum Gasteiger partial charge on any atom is -0.497 e. The molecule has 1 aliphatic rings. The third kappa shape index (κ3) is 3.24. The second-order valence-electron chi connectivity index (χ2n) is 5.35. The Morgan fingerprint density at radius 1 is 1.00 bits per heavy atom. The molecule has 1 aliphatic heterocycles. The summed E-state index contributed by atoms with van der Waals surface area (Å²) < 4.78 is 16.5. The van der Waals surface area contributed by atoms with Gasteiger partial charge in [-0.05, 0) is 23.3 Å². The van der Waals surface area contributed by atoms with Crippen LogP contribution in [0.5, 0.6) is 11.5 Å². The van der Waals surface area contributed by atoms with E-state index < -0.39 is 0 Å². The molecule has 2 aromatic carbocycles. The molecular formula is C18H21NO3. The highest BCUT2D eigenvalue weighted by Gasteiger charge is 2.16. The van der Waals surface area contributed by atoms with Crippen LogP contribution in [0, 0.1) is 0 Å². The van der Waals surface area contributed by atoms with Crippen LogP contribution in [0.1, 0.15) is 5.56 Å². The average Bonchev–Trinajstić information content (AvgIpc) is 2.53. The molecule has 2 aromatic rings. The SMILES string of the molecule is COc1ccc(-c2ccc(COC3CNC3)cc2)c(OC)c1. The Hall–Kier alpha value is -2.04. The summed E-state index contributed by atoms with van der Waals surface area (Å²) in [5, 5.41) is 3.20. The highest BCUT2D eigenvalue weighted by molar-refractivity contribution is 5.71. The molecule has 1 N–H and O–H groups in total. The van der Waals surface area contributed by atoms with Gasteiger partial charge in [0.2, 0.25) is 0 Å². The maximum atomic E-state index is 5.78. The lowest BCUT2D eigenvalue weighted by Crippen LogP contribution is -2.48. The van der Waals surface area contributed by atoms with Crippen LogP contribution in [0.2, 0.25) is 0 Å². The molecule has 0 spiro atoms. The highest BCUT2D eigenvalue weighted by atomic mass is 16.5. The van der Waals surface area contributed by atoms with Gasteiger partial charge in [-0.1, -0.05) is 24.3 Å². The Balaban J connectivity index is 1.74. The summed E-state index contributed by atoms with van der Waals surface area (Å²) in [5.74, 6) is 1.60. The molecule has 4 heteroatoms. The van der Waals surface area contributed by atoms with Crippen molar-refractivity contribution in [3.63, 3.8) is 0 Å². The number of benzene rings is 2. The van der Waals surface area contributed by atoms with Gasteiger partial charge in [0.15, 0.2) is 0 Å². The van der Waals surface area contributed by atoms with Crippen LogP contribution in [0.25, 0.3) is 11.1 Å². The summed E-state index contributed by atoms with van der Waals surface area (Å²) >= 11 is 0. The zero-order valence-corrected chi connectivity index (χ0v) is 13.0. The van der Waals surface area contributed by atoms with Crippen LogP contribution in [0.4, 0.5) is 0 Å². The third-order valence-corrected chi connectivity index (χ3v) is 3.90. The molecule has 0 bridgehead atoms. The normalized spacial score (nSPS) is 14.5. The smallest absolute Gasteiger partial charge is 0.130 e. The van der Waals surface area contributed by atoms with Crippen molar-refractivity contribution >= 4 is 0 Å². The largest absolute Gasteiger partial charge is 0.497 e. The fourth-order valence-electron chi connectivity index (χ4n) is 2.41. The fraction of sp³-hybridized carbons (Fsp3) is 0.333. The Morgan fingerprint density at radius 2 is 1.77 bits per heavy atom. The molecule has 3 rings (SSSR count). The second kappa shape index (κ2) is 6.81. The second-order valence-corrected chi connectivity index (χ2v) is 5.35. The monoisotopic (exact) mass is 299 g/mol. The molecule has 116 valence electrons. The molecule has 0 amide bonds. The lowest BCUT2D eigenvalue weighted by Gasteiger charge is -2.27. The molecule has 1 heterocycles. The molecule has 0 aromatic heterocycles. The van der Waals surface area contributed by atoms with E-state index >= 15 is 0 Å². The molecule has 0 unspecified atom stereocenters. The Morgan fingerprint density at radius 3 is 2.36 bits per heavy atom. The van der Waals surface area contributed by atoms with Gasteiger partial charge in [0, 0.05) is 24.7 Å². The van der Waals surface area contributed by atoms with Crippen molar-refractivity contribution < 1.29 is 14.2 Å². The first-order valence-electron chi connectivity index (χ1n) is 7.44. The standard InChI is InChI=1S/C18H21NO3/c1-20-15-7-8-17(18(9-15)21-2)14-5-3-13(4-6-14)12-22-16-10-19-11-16/h3-9,16,19H,10-12H2,1-2H3. The molecule has 0 atom stereocenters. The number of nitrogens with one attached hydrogen (secondary N) is 1. The molecule has 1 fully saturated rings. The van der Waals surface area contributed by atoms with Gasteiger partial charge in [-0.15, -0.1) is 0 Å². The minimum atomic E-state index is 0.362. The van der Waals surface area contributed by atoms with Crippen LogP contribution in [-0.4, -0.2) is 33.4 Å². The van der Waals surface area contributed by atoms with Gasteiger partial charge in [-0.3, -0.25) is 0 Å². The van der Waals surface area contributed by atoms with Gasteiger partial charge in [0.05, 0.1) is 26.9 Å². The molecule has 0 aliphatic carbocycles. The van der Waals surface area contributed by atoms with Crippen LogP contribution in [0.3, 0.4) is 0 Å². The highest BCUT2D eigenvalue weighted by Crippen LogP contribution is 2.33. The minimum absolute atomic E-state index is 0.362. The Kier molecular flexibility index (Phi) is 4.61. The van der Waals surface area contributed by atoms with E-state index in [9.17, 15) is 0 Å². The lowest BCUT2D eigenvalue weighted by molar-refractivity contribution is 0.00759. The fourth-order valence-corrected chi connectivity index (χ4v) is 2.41. The Labute approximate surface area is 131 Å². The molecule has 4 nitrogen and oxygen atoms in total. The summed E-state index contributed by atoms with van der Waals surface area (Å²) in [6.07, 6.45) is 0.362. The van der Waals surface area contributed by atoms with Crippen LogP contribution >= 0.6 is 0 Å². The van der Waals surface area contributed by atoms with E-state index in [4.69, 9.17) is 14.2 Å². The van der Waals surface area contributed by atoms with E-state index in [1.807, 2.05) is 18.2 Å². The number of hydrogen-bond acceptors (Lipinski definition) is 4. The van der Waals surface area contributed by atoms with E-state index in [0.29, 0.717) is 12.7 Å². The van der Waals surface area contributed by atoms with Crippen molar-refractivity contribution in [3.8, 4) is 22.6 Å². The van der Waals surface area contributed by atoms with Crippen LogP contribution in [-0.2, 0) is 11.3 Å². The van der Waals surface area contributed by atoms with Crippen LogP contribution in [0.15, 0.2) is 42.5 Å². The number of rotatable bonds is 6. The first-order valence-corrected chi connectivity index (χ1v) is 7.44. The molecule has 1 saturated heterocycles. The van der Waals surface area contributed by atoms with Gasteiger partial charge in [0.25, 0.3) is 0 Å². The van der Waals surface area contributed by atoms with Crippen molar-refractivity contribution in [1.29, 1.82) is 0 Å². The quantitative estimate of drug-likeness (QED) is 0.890. The van der Waals surface area contributed by atoms with E-state index in [-0.39, 0.29) is 0 Å². The predicted octanol–water partition coefficient (Wildman–Crippen LogP) is 2.86. The maximum absolute atomic E-state index is 5.78. The van der Waals surface area contributed by atoms with Gasteiger partial charge in [-0.25, -0.2) is 0 Å². The number of methoxy groups -OCH3 is 2. The Bertz CT molecular complexity index is 621. The molecule has 0 radical (unpaired) electrons. The molecule has 0 saturated carbocycles. The first kappa shape index (κ1) is 14.9. The average molecular weight is 299 g/mol. The van der Waals surface area contributed by atoms with Crippen molar-refractivity contribution in [2.24, 2.45) is 0 Å². The van der Waals surface area contributed by atoms with Gasteiger partial charge in [-0.2, -0.15) is 0 Å². The van der Waals surface area contributed by atoms with Gasteiger partial charge in [0.1, 0.15) is 11.5 Å². The van der Waals surface area contributed by atoms with Crippen molar-refractivity contribution in [3.05, 3.63) is 48.0 Å². The molecule has 22 heavy (non-hydrogen) atoms. The van der Waals surface area contributed by atoms with Gasteiger partial charge < -0.3 is 19.5 Å². The predicted molar refractivity (Wildman–Crippen MR) is 86.4 cm³/mol. The summed E-state index contributed by atoms with van der Waals surface area (Å²) in [5.41, 5.74) is 3.36. The zero-order chi connectivity index (χ0) is 15.4. The number of hydrogen-bond donors (Lipinski definition) is 1. The molecular weight excluding hydrogens is 278 g/mol. The van der Waals surface area contributed by atoms with E-state index in [2.05, 4.69) is 29.6 Å². The summed E-state index contributed by atoms with van der Waals surface area (Å²) in [4.78, 5) is 0. The van der Waals surface area contributed by atoms with Crippen molar-refractivity contribution in [1.82, 2.24) is 5.32 Å². The van der Waals surface area contributed by atoms with E-state index in [0.717, 1.165) is 35.7 Å². The van der Waals surface area contributed by atoms with Gasteiger partial charge >= 0.3 is 0 Å². The summed E-state index contributed by atoms with van der Waals surface area (Å²) in [6.45, 7) is 2.58. The number of ether oxygens (including phenoxy) is 3. The van der Waals surface area contributed by atoms with E-state index in [1.54, 1.807) is 14.2 Å². The summed E-state index contributed by atoms with van der Waals surface area (Å²) in [7, 11) is 3.33. The third-order valence-electron chi connectivity index (χ3n) is 3.90. The van der Waals surface area contributed by atoms with Crippen molar-refractivity contribution in [2.45, 2.75) is 12.7 Å². The van der Waals surface area contributed by atoms with Crippen LogP contribution < -0.4 is 14.8 Å². The zero-order valence-electron chi connectivity index (χ0n) is 13.0. The first-order chi connectivity index (χ1) is 10.8. The van der Waals surface area contributed by atoms with Crippen molar-refractivity contribution in [2.75, 3.05) is 27.3 Å².